The Kier molecular flexibility index (Phi) is 3.63. The van der Waals surface area contributed by atoms with E-state index in [1.54, 1.807) is 0 Å². The number of hydrogen-bond acceptors (Lipinski definition) is 3. The number of aldehydes is 1. The molecular weight excluding hydrogens is 180 g/mol. The molecule has 1 fully saturated rings. The molecule has 0 aliphatic carbocycles. The highest BCUT2D eigenvalue weighted by Crippen LogP contribution is 2.13. The topological polar surface area (TPSA) is 40.6 Å². The molecule has 0 radical (unpaired) electrons. The van der Waals surface area contributed by atoms with Crippen molar-refractivity contribution in [1.29, 1.82) is 0 Å². The lowest BCUT2D eigenvalue weighted by Gasteiger charge is -2.41. The highest BCUT2D eigenvalue weighted by atomic mass is 16.2. The lowest BCUT2D eigenvalue weighted by Crippen LogP contribution is -2.57. The predicted octanol–water partition coefficient (Wildman–Crippen LogP) is 0.126. The zero-order valence-electron chi connectivity index (χ0n) is 9.06. The monoisotopic (exact) mass is 198 g/mol. The van der Waals surface area contributed by atoms with Gasteiger partial charge in [0.15, 0.2) is 0 Å². The highest BCUT2D eigenvalue weighted by Gasteiger charge is 2.30. The summed E-state index contributed by atoms with van der Waals surface area (Å²) < 4.78 is 0. The molecule has 4 nitrogen and oxygen atoms in total. The zero-order valence-corrected chi connectivity index (χ0v) is 9.06. The molecule has 0 aromatic rings. The van der Waals surface area contributed by atoms with Crippen LogP contribution >= 0.6 is 0 Å². The summed E-state index contributed by atoms with van der Waals surface area (Å²) in [5.74, 6) is 0.126. The van der Waals surface area contributed by atoms with Crippen LogP contribution in [0.5, 0.6) is 0 Å². The van der Waals surface area contributed by atoms with Gasteiger partial charge in [-0.25, -0.2) is 0 Å². The van der Waals surface area contributed by atoms with E-state index in [0.717, 1.165) is 12.8 Å². The van der Waals surface area contributed by atoms with Gasteiger partial charge < -0.3 is 9.69 Å². The van der Waals surface area contributed by atoms with Crippen molar-refractivity contribution in [3.63, 3.8) is 0 Å². The molecule has 1 aliphatic rings. The Labute approximate surface area is 84.9 Å². The van der Waals surface area contributed by atoms with E-state index in [2.05, 4.69) is 0 Å². The van der Waals surface area contributed by atoms with Crippen molar-refractivity contribution in [3.05, 3.63) is 0 Å². The number of hydrogen-bond donors (Lipinski definition) is 0. The van der Waals surface area contributed by atoms with E-state index >= 15 is 0 Å². The first kappa shape index (κ1) is 11.2. The SMILES string of the molecule is CC(C)N1C(=O)CN(CC=O)CC1C. The van der Waals surface area contributed by atoms with Gasteiger partial charge in [0.05, 0.1) is 13.1 Å². The second-order valence-electron chi connectivity index (χ2n) is 4.10. The van der Waals surface area contributed by atoms with E-state index in [1.807, 2.05) is 30.6 Å². The number of amides is 1. The van der Waals surface area contributed by atoms with Gasteiger partial charge in [-0.3, -0.25) is 9.69 Å². The summed E-state index contributed by atoms with van der Waals surface area (Å²) in [5, 5.41) is 0. The molecule has 1 amide bonds. The van der Waals surface area contributed by atoms with Crippen molar-refractivity contribution >= 4 is 12.2 Å². The molecular formula is C10H18N2O2. The van der Waals surface area contributed by atoms with Gasteiger partial charge in [0.2, 0.25) is 5.91 Å². The minimum Gasteiger partial charge on any atom is -0.335 e. The van der Waals surface area contributed by atoms with Gasteiger partial charge in [0.1, 0.15) is 6.29 Å². The Balaban J connectivity index is 2.63. The first-order valence-corrected chi connectivity index (χ1v) is 5.03. The van der Waals surface area contributed by atoms with Crippen molar-refractivity contribution in [3.8, 4) is 0 Å². The minimum absolute atomic E-state index is 0.126. The van der Waals surface area contributed by atoms with Crippen molar-refractivity contribution in [2.75, 3.05) is 19.6 Å². The Morgan fingerprint density at radius 2 is 2.21 bits per heavy atom. The van der Waals surface area contributed by atoms with Gasteiger partial charge >= 0.3 is 0 Å². The van der Waals surface area contributed by atoms with E-state index in [9.17, 15) is 9.59 Å². The number of rotatable bonds is 3. The van der Waals surface area contributed by atoms with Crippen LogP contribution in [0.1, 0.15) is 20.8 Å². The standard InChI is InChI=1S/C10H18N2O2/c1-8(2)12-9(3)6-11(4-5-13)7-10(12)14/h5,8-9H,4,6-7H2,1-3H3. The summed E-state index contributed by atoms with van der Waals surface area (Å²) in [6, 6.07) is 0.451. The number of carbonyl (C=O) groups excluding carboxylic acids is 2. The quantitative estimate of drug-likeness (QED) is 0.605. The van der Waals surface area contributed by atoms with Gasteiger partial charge in [-0.05, 0) is 20.8 Å². The first-order valence-electron chi connectivity index (χ1n) is 5.03. The molecule has 0 saturated carbocycles. The molecule has 4 heteroatoms. The van der Waals surface area contributed by atoms with Crippen LogP contribution in [0.3, 0.4) is 0 Å². The number of nitrogens with zero attached hydrogens (tertiary/aromatic N) is 2. The number of piperazine rings is 1. The van der Waals surface area contributed by atoms with Crippen LogP contribution in [-0.4, -0.2) is 53.7 Å². The molecule has 0 spiro atoms. The lowest BCUT2D eigenvalue weighted by atomic mass is 10.1. The van der Waals surface area contributed by atoms with E-state index in [0.29, 0.717) is 13.1 Å². The largest absolute Gasteiger partial charge is 0.335 e. The summed E-state index contributed by atoms with van der Waals surface area (Å²) in [7, 11) is 0. The summed E-state index contributed by atoms with van der Waals surface area (Å²) in [4.78, 5) is 25.8. The van der Waals surface area contributed by atoms with Crippen LogP contribution in [0.25, 0.3) is 0 Å². The summed E-state index contributed by atoms with van der Waals surface area (Å²) in [6.07, 6.45) is 0.852. The minimum atomic E-state index is 0.126. The van der Waals surface area contributed by atoms with Crippen molar-refractivity contribution in [2.45, 2.75) is 32.9 Å². The maximum atomic E-state index is 11.7. The Hall–Kier alpha value is -0.900. The molecule has 1 rings (SSSR count). The highest BCUT2D eigenvalue weighted by molar-refractivity contribution is 5.80. The third-order valence-corrected chi connectivity index (χ3v) is 2.53. The van der Waals surface area contributed by atoms with E-state index < -0.39 is 0 Å². The lowest BCUT2D eigenvalue weighted by molar-refractivity contribution is -0.141. The maximum absolute atomic E-state index is 11.7. The normalized spacial score (nSPS) is 24.4. The van der Waals surface area contributed by atoms with Crippen LogP contribution in [0.4, 0.5) is 0 Å². The average molecular weight is 198 g/mol. The predicted molar refractivity (Wildman–Crippen MR) is 53.9 cm³/mol. The molecule has 0 bridgehead atoms. The Morgan fingerprint density at radius 3 is 2.64 bits per heavy atom. The zero-order chi connectivity index (χ0) is 10.7. The Morgan fingerprint density at radius 1 is 1.57 bits per heavy atom. The van der Waals surface area contributed by atoms with Gasteiger partial charge in [-0.1, -0.05) is 0 Å². The van der Waals surface area contributed by atoms with E-state index in [-0.39, 0.29) is 18.0 Å². The fourth-order valence-corrected chi connectivity index (χ4v) is 2.09. The second-order valence-corrected chi connectivity index (χ2v) is 4.10. The molecule has 1 heterocycles. The molecule has 14 heavy (non-hydrogen) atoms. The number of carbonyl (C=O) groups is 2. The molecule has 80 valence electrons. The maximum Gasteiger partial charge on any atom is 0.237 e. The van der Waals surface area contributed by atoms with Crippen LogP contribution < -0.4 is 0 Å². The van der Waals surface area contributed by atoms with Crippen molar-refractivity contribution < 1.29 is 9.59 Å². The third kappa shape index (κ3) is 2.32. The molecule has 0 N–H and O–H groups in total. The Bertz CT molecular complexity index is 228. The second kappa shape index (κ2) is 4.55. The molecule has 1 saturated heterocycles. The molecule has 0 aromatic carbocycles. The fraction of sp³-hybridized carbons (Fsp3) is 0.800. The smallest absolute Gasteiger partial charge is 0.237 e. The van der Waals surface area contributed by atoms with Crippen molar-refractivity contribution in [2.24, 2.45) is 0 Å². The van der Waals surface area contributed by atoms with Crippen LogP contribution in [0, 0.1) is 0 Å². The molecule has 1 atom stereocenters. The van der Waals surface area contributed by atoms with Crippen molar-refractivity contribution in [1.82, 2.24) is 9.80 Å². The molecule has 1 aliphatic heterocycles. The van der Waals surface area contributed by atoms with E-state index in [1.165, 1.54) is 0 Å². The molecule has 0 aromatic heterocycles. The molecule has 1 unspecified atom stereocenters. The summed E-state index contributed by atoms with van der Waals surface area (Å²) in [5.41, 5.74) is 0. The summed E-state index contributed by atoms with van der Waals surface area (Å²) in [6.45, 7) is 7.59. The average Bonchev–Trinajstić information content (AvgIpc) is 2.01. The summed E-state index contributed by atoms with van der Waals surface area (Å²) >= 11 is 0. The van der Waals surface area contributed by atoms with Gasteiger partial charge in [-0.15, -0.1) is 0 Å². The third-order valence-electron chi connectivity index (χ3n) is 2.53. The fourth-order valence-electron chi connectivity index (χ4n) is 2.09. The van der Waals surface area contributed by atoms with Crippen LogP contribution in [0.15, 0.2) is 0 Å². The van der Waals surface area contributed by atoms with Crippen LogP contribution in [-0.2, 0) is 9.59 Å². The first-order chi connectivity index (χ1) is 6.56. The van der Waals surface area contributed by atoms with Gasteiger partial charge in [0.25, 0.3) is 0 Å². The van der Waals surface area contributed by atoms with Gasteiger partial charge in [-0.2, -0.15) is 0 Å². The van der Waals surface area contributed by atoms with Crippen LogP contribution in [0.2, 0.25) is 0 Å². The van der Waals surface area contributed by atoms with E-state index in [4.69, 9.17) is 0 Å². The van der Waals surface area contributed by atoms with Gasteiger partial charge in [0, 0.05) is 18.6 Å².